The van der Waals surface area contributed by atoms with E-state index in [0.29, 0.717) is 18.8 Å². The summed E-state index contributed by atoms with van der Waals surface area (Å²) in [7, 11) is 0. The van der Waals surface area contributed by atoms with Crippen molar-refractivity contribution in [2.45, 2.75) is 32.9 Å². The van der Waals surface area contributed by atoms with Gasteiger partial charge in [0.05, 0.1) is 0 Å². The molecule has 6 heteroatoms. The molecule has 0 aliphatic rings. The highest BCUT2D eigenvalue weighted by Crippen LogP contribution is 2.25. The van der Waals surface area contributed by atoms with Crippen LogP contribution in [0.2, 0.25) is 0 Å². The van der Waals surface area contributed by atoms with E-state index in [0.717, 1.165) is 27.2 Å². The molecule has 1 atom stereocenters. The Labute approximate surface area is 191 Å². The number of carbonyl (C=O) groups is 2. The fourth-order valence-electron chi connectivity index (χ4n) is 3.31. The highest BCUT2D eigenvalue weighted by Gasteiger charge is 2.26. The van der Waals surface area contributed by atoms with Crippen molar-refractivity contribution in [3.8, 4) is 5.75 Å². The smallest absolute Gasteiger partial charge is 0.261 e. The minimum atomic E-state index is -0.612. The molecule has 0 heterocycles. The molecule has 0 saturated heterocycles. The van der Waals surface area contributed by atoms with Gasteiger partial charge in [-0.15, -0.1) is 0 Å². The van der Waals surface area contributed by atoms with E-state index in [2.05, 4.69) is 21.2 Å². The standard InChI is InChI=1S/C25H27BrN2O3/c1-3-15-27-25(30)18(2)28(16-19-11-13-21(26)14-12-19)24(29)17-31-23-10-6-8-20-7-4-5-9-22(20)23/h4-14,18H,3,15-17H2,1-2H3,(H,27,30). The Hall–Kier alpha value is -2.86. The monoisotopic (exact) mass is 482 g/mol. The van der Waals surface area contributed by atoms with E-state index < -0.39 is 6.04 Å². The molecule has 3 rings (SSSR count). The number of rotatable bonds is 9. The maximum Gasteiger partial charge on any atom is 0.261 e. The molecule has 0 spiro atoms. The van der Waals surface area contributed by atoms with Gasteiger partial charge >= 0.3 is 0 Å². The Bertz CT molecular complexity index is 1030. The van der Waals surface area contributed by atoms with Crippen molar-refractivity contribution < 1.29 is 14.3 Å². The van der Waals surface area contributed by atoms with Crippen molar-refractivity contribution >= 4 is 38.5 Å². The number of amides is 2. The quantitative estimate of drug-likeness (QED) is 0.470. The molecular formula is C25H27BrN2O3. The summed E-state index contributed by atoms with van der Waals surface area (Å²) in [6.07, 6.45) is 0.837. The molecule has 0 bridgehead atoms. The van der Waals surface area contributed by atoms with Crippen LogP contribution in [0.3, 0.4) is 0 Å². The van der Waals surface area contributed by atoms with Gasteiger partial charge < -0.3 is 15.0 Å². The fourth-order valence-corrected chi connectivity index (χ4v) is 3.57. The summed E-state index contributed by atoms with van der Waals surface area (Å²) in [5.41, 5.74) is 0.942. The molecule has 0 fully saturated rings. The summed E-state index contributed by atoms with van der Waals surface area (Å²) in [5, 5.41) is 4.88. The molecule has 0 aliphatic carbocycles. The van der Waals surface area contributed by atoms with Crippen LogP contribution in [-0.2, 0) is 16.1 Å². The SMILES string of the molecule is CCCNC(=O)C(C)N(Cc1ccc(Br)cc1)C(=O)COc1cccc2ccccc12. The number of nitrogens with zero attached hydrogens (tertiary/aromatic N) is 1. The van der Waals surface area contributed by atoms with Crippen LogP contribution in [0.4, 0.5) is 0 Å². The lowest BCUT2D eigenvalue weighted by Crippen LogP contribution is -2.49. The number of hydrogen-bond acceptors (Lipinski definition) is 3. The fraction of sp³-hybridized carbons (Fsp3) is 0.280. The molecule has 3 aromatic rings. The van der Waals surface area contributed by atoms with Crippen LogP contribution < -0.4 is 10.1 Å². The molecular weight excluding hydrogens is 456 g/mol. The van der Waals surface area contributed by atoms with Crippen molar-refractivity contribution in [2.24, 2.45) is 0 Å². The number of benzene rings is 3. The summed E-state index contributed by atoms with van der Waals surface area (Å²) < 4.78 is 6.86. The minimum Gasteiger partial charge on any atom is -0.483 e. The van der Waals surface area contributed by atoms with Crippen molar-refractivity contribution in [1.29, 1.82) is 0 Å². The topological polar surface area (TPSA) is 58.6 Å². The molecule has 162 valence electrons. The lowest BCUT2D eigenvalue weighted by molar-refractivity contribution is -0.142. The van der Waals surface area contributed by atoms with Crippen molar-refractivity contribution in [3.63, 3.8) is 0 Å². The Morgan fingerprint density at radius 3 is 2.48 bits per heavy atom. The number of nitrogens with one attached hydrogen (secondary N) is 1. The van der Waals surface area contributed by atoms with E-state index in [1.807, 2.05) is 73.7 Å². The van der Waals surface area contributed by atoms with Gasteiger partial charge in [-0.1, -0.05) is 71.4 Å². The number of fused-ring (bicyclic) bond motifs is 1. The normalized spacial score (nSPS) is 11.7. The second-order valence-electron chi connectivity index (χ2n) is 7.38. The van der Waals surface area contributed by atoms with Gasteiger partial charge in [0.15, 0.2) is 6.61 Å². The van der Waals surface area contributed by atoms with E-state index >= 15 is 0 Å². The Balaban J connectivity index is 1.77. The second kappa shape index (κ2) is 11.0. The zero-order valence-electron chi connectivity index (χ0n) is 17.8. The average Bonchev–Trinajstić information content (AvgIpc) is 2.80. The first-order valence-electron chi connectivity index (χ1n) is 10.4. The number of hydrogen-bond donors (Lipinski definition) is 1. The number of halogens is 1. The molecule has 5 nitrogen and oxygen atoms in total. The third-order valence-corrected chi connectivity index (χ3v) is 5.61. The second-order valence-corrected chi connectivity index (χ2v) is 8.30. The van der Waals surface area contributed by atoms with Gasteiger partial charge in [-0.05, 0) is 42.5 Å². The van der Waals surface area contributed by atoms with Gasteiger partial charge in [-0.3, -0.25) is 9.59 Å². The van der Waals surface area contributed by atoms with E-state index in [1.165, 1.54) is 0 Å². The summed E-state index contributed by atoms with van der Waals surface area (Å²) in [6.45, 7) is 4.50. The third-order valence-electron chi connectivity index (χ3n) is 5.08. The summed E-state index contributed by atoms with van der Waals surface area (Å²) in [4.78, 5) is 27.3. The van der Waals surface area contributed by atoms with Gasteiger partial charge in [-0.25, -0.2) is 0 Å². The first kappa shape index (κ1) is 22.8. The Morgan fingerprint density at radius 1 is 1.03 bits per heavy atom. The zero-order valence-corrected chi connectivity index (χ0v) is 19.4. The van der Waals surface area contributed by atoms with Crippen molar-refractivity contribution in [1.82, 2.24) is 10.2 Å². The van der Waals surface area contributed by atoms with Crippen LogP contribution in [0.1, 0.15) is 25.8 Å². The van der Waals surface area contributed by atoms with Gasteiger partial charge in [0.1, 0.15) is 11.8 Å². The summed E-state index contributed by atoms with van der Waals surface area (Å²) in [6, 6.07) is 20.7. The molecule has 0 aliphatic heterocycles. The van der Waals surface area contributed by atoms with Gasteiger partial charge in [0, 0.05) is 22.9 Å². The van der Waals surface area contributed by atoms with Crippen LogP contribution in [0.5, 0.6) is 5.75 Å². The summed E-state index contributed by atoms with van der Waals surface area (Å²) >= 11 is 3.43. The molecule has 1 N–H and O–H groups in total. The largest absolute Gasteiger partial charge is 0.483 e. The predicted octanol–water partition coefficient (Wildman–Crippen LogP) is 4.92. The van der Waals surface area contributed by atoms with Crippen LogP contribution in [0.15, 0.2) is 71.2 Å². The average molecular weight is 483 g/mol. The molecule has 0 saturated carbocycles. The Kier molecular flexibility index (Phi) is 8.06. The molecule has 31 heavy (non-hydrogen) atoms. The maximum atomic E-state index is 13.2. The number of ether oxygens (including phenoxy) is 1. The van der Waals surface area contributed by atoms with Crippen molar-refractivity contribution in [2.75, 3.05) is 13.2 Å². The molecule has 2 amide bonds. The van der Waals surface area contributed by atoms with Crippen LogP contribution in [0, 0.1) is 0 Å². The number of carbonyl (C=O) groups excluding carboxylic acids is 2. The zero-order chi connectivity index (χ0) is 22.2. The van der Waals surface area contributed by atoms with Gasteiger partial charge in [0.2, 0.25) is 5.91 Å². The lowest BCUT2D eigenvalue weighted by atomic mass is 10.1. The first-order chi connectivity index (χ1) is 15.0. The molecule has 3 aromatic carbocycles. The first-order valence-corrected chi connectivity index (χ1v) is 11.2. The predicted molar refractivity (Wildman–Crippen MR) is 127 cm³/mol. The molecule has 0 aromatic heterocycles. The lowest BCUT2D eigenvalue weighted by Gasteiger charge is -2.29. The highest BCUT2D eigenvalue weighted by atomic mass is 79.9. The van der Waals surface area contributed by atoms with Crippen LogP contribution >= 0.6 is 15.9 Å². The minimum absolute atomic E-state index is 0.143. The molecule has 1 unspecified atom stereocenters. The highest BCUT2D eigenvalue weighted by molar-refractivity contribution is 9.10. The van der Waals surface area contributed by atoms with E-state index in [1.54, 1.807) is 11.8 Å². The molecule has 0 radical (unpaired) electrons. The van der Waals surface area contributed by atoms with E-state index in [4.69, 9.17) is 4.74 Å². The third kappa shape index (κ3) is 6.07. The van der Waals surface area contributed by atoms with E-state index in [-0.39, 0.29) is 18.4 Å². The van der Waals surface area contributed by atoms with Crippen LogP contribution in [0.25, 0.3) is 10.8 Å². The van der Waals surface area contributed by atoms with Crippen LogP contribution in [-0.4, -0.2) is 35.9 Å². The van der Waals surface area contributed by atoms with E-state index in [9.17, 15) is 9.59 Å². The maximum absolute atomic E-state index is 13.2. The summed E-state index contributed by atoms with van der Waals surface area (Å²) in [5.74, 6) is 0.241. The van der Waals surface area contributed by atoms with Gasteiger partial charge in [0.25, 0.3) is 5.91 Å². The van der Waals surface area contributed by atoms with Gasteiger partial charge in [-0.2, -0.15) is 0 Å². The van der Waals surface area contributed by atoms with Crippen molar-refractivity contribution in [3.05, 3.63) is 76.8 Å². The Morgan fingerprint density at radius 2 is 1.74 bits per heavy atom.